The molecule has 0 aliphatic carbocycles. The zero-order valence-electron chi connectivity index (χ0n) is 12.5. The van der Waals surface area contributed by atoms with E-state index in [1.807, 2.05) is 0 Å². The predicted octanol–water partition coefficient (Wildman–Crippen LogP) is 1.37. The van der Waals surface area contributed by atoms with E-state index in [1.54, 1.807) is 25.2 Å². The van der Waals surface area contributed by atoms with E-state index in [-0.39, 0.29) is 29.4 Å². The molecule has 3 aromatic heterocycles. The van der Waals surface area contributed by atoms with E-state index in [4.69, 9.17) is 4.52 Å². The summed E-state index contributed by atoms with van der Waals surface area (Å²) in [7, 11) is 1.71. The number of aromatic nitrogens is 6. The predicted molar refractivity (Wildman–Crippen MR) is 81.6 cm³/mol. The van der Waals surface area contributed by atoms with Crippen LogP contribution in [0.3, 0.4) is 0 Å². The van der Waals surface area contributed by atoms with Crippen LogP contribution in [0.5, 0.6) is 0 Å². The topological polar surface area (TPSA) is 91.6 Å². The number of hydrogen-bond acceptors (Lipinski definition) is 6. The molecule has 0 fully saturated rings. The Morgan fingerprint density at radius 3 is 2.96 bits per heavy atom. The largest absolute Gasteiger partial charge is 0.337 e. The van der Waals surface area contributed by atoms with Crippen molar-refractivity contribution in [3.05, 3.63) is 58.9 Å². The van der Waals surface area contributed by atoms with Crippen LogP contribution >= 0.6 is 0 Å². The summed E-state index contributed by atoms with van der Waals surface area (Å²) in [6.45, 7) is 0.0398. The molecule has 0 saturated heterocycles. The van der Waals surface area contributed by atoms with E-state index in [0.29, 0.717) is 11.0 Å². The van der Waals surface area contributed by atoms with E-state index in [9.17, 15) is 9.18 Å². The third-order valence-corrected chi connectivity index (χ3v) is 3.61. The number of fused-ring (bicyclic) bond motifs is 1. The number of halogens is 1. The first-order valence-corrected chi connectivity index (χ1v) is 7.08. The molecule has 0 aliphatic heterocycles. The minimum absolute atomic E-state index is 0.0398. The van der Waals surface area contributed by atoms with Gasteiger partial charge in [-0.25, -0.2) is 9.37 Å². The Morgan fingerprint density at radius 1 is 1.29 bits per heavy atom. The third kappa shape index (κ3) is 2.26. The second kappa shape index (κ2) is 5.37. The summed E-state index contributed by atoms with van der Waals surface area (Å²) < 4.78 is 21.7. The van der Waals surface area contributed by atoms with Crippen LogP contribution in [-0.4, -0.2) is 29.5 Å². The van der Waals surface area contributed by atoms with Crippen LogP contribution in [0.4, 0.5) is 4.39 Å². The summed E-state index contributed by atoms with van der Waals surface area (Å²) in [5.74, 6) is -0.132. The third-order valence-electron chi connectivity index (χ3n) is 3.61. The Labute approximate surface area is 134 Å². The van der Waals surface area contributed by atoms with Crippen LogP contribution in [0.25, 0.3) is 22.4 Å². The molecular weight excluding hydrogens is 315 g/mol. The molecule has 8 nitrogen and oxygen atoms in total. The van der Waals surface area contributed by atoms with Crippen LogP contribution in [0.2, 0.25) is 0 Å². The number of hydrogen-bond donors (Lipinski definition) is 0. The number of benzene rings is 1. The van der Waals surface area contributed by atoms with Crippen molar-refractivity contribution in [1.82, 2.24) is 29.5 Å². The van der Waals surface area contributed by atoms with Crippen LogP contribution in [0, 0.1) is 5.82 Å². The molecule has 9 heteroatoms. The zero-order chi connectivity index (χ0) is 16.7. The first-order chi connectivity index (χ1) is 11.6. The van der Waals surface area contributed by atoms with Crippen molar-refractivity contribution >= 4 is 11.0 Å². The second-order valence-electron chi connectivity index (χ2n) is 5.17. The standard InChI is InChI=1S/C15H11FN6O2/c1-21-14-10(6-18-21)15(23)22(8-17-14)7-12-19-13(20-24-12)9-4-2-3-5-11(9)16/h2-6,8H,7H2,1H3. The smallest absolute Gasteiger partial charge is 0.264 e. The number of aryl methyl sites for hydroxylation is 1. The highest BCUT2D eigenvalue weighted by Gasteiger charge is 2.14. The average molecular weight is 326 g/mol. The molecule has 1 aromatic carbocycles. The summed E-state index contributed by atoms with van der Waals surface area (Å²) in [6.07, 6.45) is 2.85. The minimum atomic E-state index is -0.444. The molecule has 120 valence electrons. The molecule has 4 aromatic rings. The Kier molecular flexibility index (Phi) is 3.19. The molecular formula is C15H11FN6O2. The molecule has 0 saturated carbocycles. The maximum Gasteiger partial charge on any atom is 0.264 e. The van der Waals surface area contributed by atoms with Gasteiger partial charge in [0, 0.05) is 7.05 Å². The first-order valence-electron chi connectivity index (χ1n) is 7.08. The summed E-state index contributed by atoms with van der Waals surface area (Å²) in [5, 5.41) is 8.16. The lowest BCUT2D eigenvalue weighted by molar-refractivity contribution is 0.369. The fraction of sp³-hybridized carbons (Fsp3) is 0.133. The molecule has 0 radical (unpaired) electrons. The fourth-order valence-electron chi connectivity index (χ4n) is 2.40. The van der Waals surface area contributed by atoms with Gasteiger partial charge in [-0.1, -0.05) is 17.3 Å². The first kappa shape index (κ1) is 14.2. The average Bonchev–Trinajstić information content (AvgIpc) is 3.18. The number of rotatable bonds is 3. The molecule has 0 N–H and O–H groups in total. The van der Waals surface area contributed by atoms with Gasteiger partial charge in [-0.2, -0.15) is 10.1 Å². The lowest BCUT2D eigenvalue weighted by Gasteiger charge is -2.01. The quantitative estimate of drug-likeness (QED) is 0.564. The van der Waals surface area contributed by atoms with Gasteiger partial charge in [0.2, 0.25) is 11.7 Å². The lowest BCUT2D eigenvalue weighted by atomic mass is 10.2. The monoisotopic (exact) mass is 326 g/mol. The molecule has 0 amide bonds. The molecule has 3 heterocycles. The van der Waals surface area contributed by atoms with Crippen molar-refractivity contribution < 1.29 is 8.91 Å². The van der Waals surface area contributed by atoms with Gasteiger partial charge in [0.05, 0.1) is 11.8 Å². The van der Waals surface area contributed by atoms with Crippen LogP contribution in [-0.2, 0) is 13.6 Å². The fourth-order valence-corrected chi connectivity index (χ4v) is 2.40. The molecule has 0 atom stereocenters. The Morgan fingerprint density at radius 2 is 2.12 bits per heavy atom. The summed E-state index contributed by atoms with van der Waals surface area (Å²) in [4.78, 5) is 20.7. The van der Waals surface area contributed by atoms with E-state index < -0.39 is 5.82 Å². The van der Waals surface area contributed by atoms with E-state index >= 15 is 0 Å². The second-order valence-corrected chi connectivity index (χ2v) is 5.17. The van der Waals surface area contributed by atoms with Crippen molar-refractivity contribution in [3.8, 4) is 11.4 Å². The lowest BCUT2D eigenvalue weighted by Crippen LogP contribution is -2.21. The molecule has 0 aliphatic rings. The van der Waals surface area contributed by atoms with Gasteiger partial charge < -0.3 is 4.52 Å². The van der Waals surface area contributed by atoms with Gasteiger partial charge in [-0.15, -0.1) is 0 Å². The van der Waals surface area contributed by atoms with Crippen LogP contribution in [0.1, 0.15) is 5.89 Å². The zero-order valence-corrected chi connectivity index (χ0v) is 12.5. The summed E-state index contributed by atoms with van der Waals surface area (Å²) >= 11 is 0. The maximum absolute atomic E-state index is 13.8. The minimum Gasteiger partial charge on any atom is -0.337 e. The van der Waals surface area contributed by atoms with Crippen molar-refractivity contribution in [2.24, 2.45) is 7.05 Å². The summed E-state index contributed by atoms with van der Waals surface area (Å²) in [5.41, 5.74) is 0.466. The van der Waals surface area contributed by atoms with Gasteiger partial charge >= 0.3 is 0 Å². The maximum atomic E-state index is 13.8. The Bertz CT molecular complexity index is 1100. The summed E-state index contributed by atoms with van der Waals surface area (Å²) in [6, 6.07) is 6.13. The SMILES string of the molecule is Cn1ncc2c(=O)n(Cc3nc(-c4ccccc4F)no3)cnc21. The molecule has 4 rings (SSSR count). The van der Waals surface area contributed by atoms with Gasteiger partial charge in [-0.05, 0) is 12.1 Å². The molecule has 0 spiro atoms. The molecule has 0 unspecified atom stereocenters. The highest BCUT2D eigenvalue weighted by Crippen LogP contribution is 2.19. The number of nitrogens with zero attached hydrogens (tertiary/aromatic N) is 6. The Hall–Kier alpha value is -3.36. The van der Waals surface area contributed by atoms with E-state index in [2.05, 4.69) is 20.2 Å². The van der Waals surface area contributed by atoms with Crippen molar-refractivity contribution in [2.45, 2.75) is 6.54 Å². The van der Waals surface area contributed by atoms with Crippen LogP contribution in [0.15, 0.2) is 46.1 Å². The van der Waals surface area contributed by atoms with Crippen molar-refractivity contribution in [2.75, 3.05) is 0 Å². The van der Waals surface area contributed by atoms with Crippen molar-refractivity contribution in [1.29, 1.82) is 0 Å². The highest BCUT2D eigenvalue weighted by molar-refractivity contribution is 5.72. The molecule has 24 heavy (non-hydrogen) atoms. The molecule has 0 bridgehead atoms. The highest BCUT2D eigenvalue weighted by atomic mass is 19.1. The normalized spacial score (nSPS) is 11.2. The van der Waals surface area contributed by atoms with Gasteiger partial charge in [0.15, 0.2) is 5.65 Å². The van der Waals surface area contributed by atoms with Gasteiger partial charge in [0.1, 0.15) is 24.1 Å². The van der Waals surface area contributed by atoms with E-state index in [0.717, 1.165) is 0 Å². The van der Waals surface area contributed by atoms with Gasteiger partial charge in [-0.3, -0.25) is 14.0 Å². The van der Waals surface area contributed by atoms with Gasteiger partial charge in [0.25, 0.3) is 5.56 Å². The Balaban J connectivity index is 1.69. The van der Waals surface area contributed by atoms with Crippen LogP contribution < -0.4 is 5.56 Å². The van der Waals surface area contributed by atoms with Crippen molar-refractivity contribution in [3.63, 3.8) is 0 Å². The van der Waals surface area contributed by atoms with E-state index in [1.165, 1.54) is 27.8 Å².